The molecular weight excluding hydrogens is 348 g/mol. The lowest BCUT2D eigenvalue weighted by atomic mass is 10.1. The van der Waals surface area contributed by atoms with Crippen molar-refractivity contribution in [2.24, 2.45) is 5.73 Å². The molecular formula is C19H20N4O4. The van der Waals surface area contributed by atoms with E-state index in [0.717, 1.165) is 11.3 Å². The monoisotopic (exact) mass is 368 g/mol. The molecule has 2 aromatic carbocycles. The van der Waals surface area contributed by atoms with Crippen molar-refractivity contribution in [3.63, 3.8) is 0 Å². The molecule has 0 saturated heterocycles. The molecule has 0 aliphatic rings. The van der Waals surface area contributed by atoms with E-state index in [1.54, 1.807) is 25.3 Å². The number of nitrogens with two attached hydrogens (primary N) is 1. The second-order valence-electron chi connectivity index (χ2n) is 5.62. The van der Waals surface area contributed by atoms with E-state index in [4.69, 9.17) is 19.9 Å². The van der Waals surface area contributed by atoms with Crippen LogP contribution in [-0.2, 0) is 6.61 Å². The molecule has 0 aliphatic carbocycles. The molecule has 1 heterocycles. The molecule has 0 radical (unpaired) electrons. The molecule has 0 aliphatic heterocycles. The third kappa shape index (κ3) is 4.17. The van der Waals surface area contributed by atoms with Gasteiger partial charge in [0.15, 0.2) is 17.2 Å². The number of hydrogen-bond acceptors (Lipinski definition) is 6. The van der Waals surface area contributed by atoms with Gasteiger partial charge in [0, 0.05) is 5.56 Å². The normalized spacial score (nSPS) is 10.4. The molecule has 0 atom stereocenters. The molecule has 0 unspecified atom stereocenters. The summed E-state index contributed by atoms with van der Waals surface area (Å²) in [7, 11) is 1.62. The third-order valence-electron chi connectivity index (χ3n) is 3.83. The number of carbonyl (C=O) groups is 1. The fourth-order valence-electron chi connectivity index (χ4n) is 2.57. The van der Waals surface area contributed by atoms with E-state index in [1.807, 2.05) is 31.2 Å². The van der Waals surface area contributed by atoms with E-state index in [0.29, 0.717) is 36.0 Å². The highest BCUT2D eigenvalue weighted by atomic mass is 16.5. The number of nitrogens with one attached hydrogen (secondary N) is 1. The van der Waals surface area contributed by atoms with Crippen molar-refractivity contribution < 1.29 is 19.0 Å². The van der Waals surface area contributed by atoms with Gasteiger partial charge in [0.2, 0.25) is 0 Å². The Hall–Kier alpha value is -3.55. The second-order valence-corrected chi connectivity index (χ2v) is 5.62. The van der Waals surface area contributed by atoms with Crippen LogP contribution in [0.15, 0.2) is 42.5 Å². The topological polar surface area (TPSA) is 112 Å². The molecule has 27 heavy (non-hydrogen) atoms. The first kappa shape index (κ1) is 18.2. The number of hydrogen-bond donors (Lipinski definition) is 2. The summed E-state index contributed by atoms with van der Waals surface area (Å²) in [5, 5.41) is 10.2. The summed E-state index contributed by atoms with van der Waals surface area (Å²) in [5.74, 6) is 1.22. The van der Waals surface area contributed by atoms with E-state index in [1.165, 1.54) is 0 Å². The first-order valence-electron chi connectivity index (χ1n) is 8.36. The Labute approximate surface area is 156 Å². The lowest BCUT2D eigenvalue weighted by molar-refractivity contribution is 0.0996. The van der Waals surface area contributed by atoms with Gasteiger partial charge < -0.3 is 19.9 Å². The van der Waals surface area contributed by atoms with Gasteiger partial charge in [0.05, 0.1) is 13.7 Å². The van der Waals surface area contributed by atoms with E-state index < -0.39 is 5.91 Å². The van der Waals surface area contributed by atoms with E-state index in [2.05, 4.69) is 15.4 Å². The summed E-state index contributed by atoms with van der Waals surface area (Å²) >= 11 is 0. The molecule has 0 spiro atoms. The van der Waals surface area contributed by atoms with E-state index in [9.17, 15) is 4.79 Å². The number of carbonyl (C=O) groups excluding carboxylic acids is 1. The minimum Gasteiger partial charge on any atom is -0.497 e. The van der Waals surface area contributed by atoms with Crippen LogP contribution < -0.4 is 19.9 Å². The zero-order valence-electron chi connectivity index (χ0n) is 15.1. The summed E-state index contributed by atoms with van der Waals surface area (Å²) in [5.41, 5.74) is 7.38. The van der Waals surface area contributed by atoms with Gasteiger partial charge in [-0.25, -0.2) is 0 Å². The van der Waals surface area contributed by atoms with E-state index >= 15 is 0 Å². The number of nitrogens with zero attached hydrogens (tertiary/aromatic N) is 2. The smallest absolute Gasteiger partial charge is 0.271 e. The Morgan fingerprint density at radius 3 is 2.70 bits per heavy atom. The van der Waals surface area contributed by atoms with Gasteiger partial charge in [-0.15, -0.1) is 0 Å². The number of benzene rings is 2. The Morgan fingerprint density at radius 1 is 1.11 bits per heavy atom. The number of methoxy groups -OCH3 is 1. The molecule has 140 valence electrons. The van der Waals surface area contributed by atoms with Gasteiger partial charge in [-0.2, -0.15) is 15.4 Å². The van der Waals surface area contributed by atoms with Gasteiger partial charge in [-0.3, -0.25) is 4.79 Å². The number of amides is 1. The van der Waals surface area contributed by atoms with Gasteiger partial charge in [-0.05, 0) is 42.8 Å². The van der Waals surface area contributed by atoms with Crippen molar-refractivity contribution >= 4 is 5.91 Å². The summed E-state index contributed by atoms with van der Waals surface area (Å²) in [6.45, 7) is 2.69. The maximum absolute atomic E-state index is 11.5. The summed E-state index contributed by atoms with van der Waals surface area (Å²) in [4.78, 5) is 11.5. The predicted octanol–water partition coefficient (Wildman–Crippen LogP) is 2.56. The SMILES string of the molecule is CCOc1cc(-c2n[nH]nc2C(N)=O)ccc1OCc1cccc(OC)c1. The van der Waals surface area contributed by atoms with Crippen LogP contribution >= 0.6 is 0 Å². The summed E-state index contributed by atoms with van der Waals surface area (Å²) < 4.78 is 16.8. The van der Waals surface area contributed by atoms with Crippen molar-refractivity contribution in [3.8, 4) is 28.5 Å². The Balaban J connectivity index is 1.85. The van der Waals surface area contributed by atoms with Crippen molar-refractivity contribution in [2.75, 3.05) is 13.7 Å². The summed E-state index contributed by atoms with van der Waals surface area (Å²) in [6, 6.07) is 12.9. The van der Waals surface area contributed by atoms with Crippen LogP contribution in [0.4, 0.5) is 0 Å². The van der Waals surface area contributed by atoms with E-state index in [-0.39, 0.29) is 5.69 Å². The highest BCUT2D eigenvalue weighted by Crippen LogP contribution is 2.33. The first-order chi connectivity index (χ1) is 13.1. The quantitative estimate of drug-likeness (QED) is 0.632. The highest BCUT2D eigenvalue weighted by Gasteiger charge is 2.17. The van der Waals surface area contributed by atoms with Gasteiger partial charge in [-0.1, -0.05) is 12.1 Å². The molecule has 0 bridgehead atoms. The zero-order chi connectivity index (χ0) is 19.2. The molecule has 1 amide bonds. The van der Waals surface area contributed by atoms with Gasteiger partial charge >= 0.3 is 0 Å². The fourth-order valence-corrected chi connectivity index (χ4v) is 2.57. The van der Waals surface area contributed by atoms with Crippen molar-refractivity contribution in [1.29, 1.82) is 0 Å². The average Bonchev–Trinajstić information content (AvgIpc) is 3.17. The maximum atomic E-state index is 11.5. The Kier molecular flexibility index (Phi) is 5.55. The average molecular weight is 368 g/mol. The van der Waals surface area contributed by atoms with Crippen LogP contribution in [0.1, 0.15) is 23.0 Å². The minimum atomic E-state index is -0.657. The van der Waals surface area contributed by atoms with Crippen LogP contribution in [0.25, 0.3) is 11.3 Å². The van der Waals surface area contributed by atoms with Crippen LogP contribution in [-0.4, -0.2) is 35.0 Å². The molecule has 8 heteroatoms. The predicted molar refractivity (Wildman–Crippen MR) is 98.8 cm³/mol. The van der Waals surface area contributed by atoms with Crippen LogP contribution in [0, 0.1) is 0 Å². The standard InChI is InChI=1S/C19H20N4O4/c1-3-26-16-10-13(17-18(19(20)24)22-23-21-17)7-8-15(16)27-11-12-5-4-6-14(9-12)25-2/h4-10H,3,11H2,1-2H3,(H2,20,24)(H,21,22,23). The molecule has 3 N–H and O–H groups in total. The van der Waals surface area contributed by atoms with Crippen molar-refractivity contribution in [1.82, 2.24) is 15.4 Å². The molecule has 8 nitrogen and oxygen atoms in total. The largest absolute Gasteiger partial charge is 0.497 e. The lowest BCUT2D eigenvalue weighted by Gasteiger charge is -2.13. The maximum Gasteiger partial charge on any atom is 0.271 e. The number of aromatic amines is 1. The summed E-state index contributed by atoms with van der Waals surface area (Å²) in [6.07, 6.45) is 0. The van der Waals surface area contributed by atoms with Crippen LogP contribution in [0.2, 0.25) is 0 Å². The number of rotatable bonds is 8. The second kappa shape index (κ2) is 8.22. The Bertz CT molecular complexity index is 939. The molecule has 1 aromatic heterocycles. The lowest BCUT2D eigenvalue weighted by Crippen LogP contribution is -2.12. The van der Waals surface area contributed by atoms with Crippen LogP contribution in [0.5, 0.6) is 17.2 Å². The molecule has 3 rings (SSSR count). The highest BCUT2D eigenvalue weighted by molar-refractivity contribution is 5.96. The number of primary amides is 1. The molecule has 0 saturated carbocycles. The van der Waals surface area contributed by atoms with Gasteiger partial charge in [0.25, 0.3) is 5.91 Å². The van der Waals surface area contributed by atoms with Crippen molar-refractivity contribution in [3.05, 3.63) is 53.7 Å². The number of aromatic nitrogens is 3. The Morgan fingerprint density at radius 2 is 1.96 bits per heavy atom. The van der Waals surface area contributed by atoms with Crippen molar-refractivity contribution in [2.45, 2.75) is 13.5 Å². The number of ether oxygens (including phenoxy) is 3. The fraction of sp³-hybridized carbons (Fsp3) is 0.211. The first-order valence-corrected chi connectivity index (χ1v) is 8.36. The minimum absolute atomic E-state index is 0.0718. The molecule has 3 aromatic rings. The van der Waals surface area contributed by atoms with Crippen LogP contribution in [0.3, 0.4) is 0 Å². The zero-order valence-corrected chi connectivity index (χ0v) is 15.1. The third-order valence-corrected chi connectivity index (χ3v) is 3.83. The van der Waals surface area contributed by atoms with Gasteiger partial charge in [0.1, 0.15) is 18.1 Å². The molecule has 0 fully saturated rings. The number of H-pyrrole nitrogens is 1.